The van der Waals surface area contributed by atoms with Gasteiger partial charge in [-0.25, -0.2) is 13.4 Å². The Bertz CT molecular complexity index is 1010. The van der Waals surface area contributed by atoms with E-state index in [1.165, 1.54) is 12.3 Å². The maximum atomic E-state index is 15.1. The van der Waals surface area contributed by atoms with Crippen molar-refractivity contribution in [1.29, 1.82) is 4.78 Å². The first kappa shape index (κ1) is 19.4. The van der Waals surface area contributed by atoms with Gasteiger partial charge in [0.2, 0.25) is 0 Å². The minimum atomic E-state index is -3.16. The molecule has 1 aromatic carbocycles. The molecule has 0 spiro atoms. The Morgan fingerprint density at radius 1 is 1.16 bits per heavy atom. The average Bonchev–Trinajstić information content (AvgIpc) is 2.39. The summed E-state index contributed by atoms with van der Waals surface area (Å²) >= 11 is 0. The molecule has 0 saturated carbocycles. The minimum Gasteiger partial charge on any atom is -0.357 e. The highest BCUT2D eigenvalue weighted by Crippen LogP contribution is 2.34. The Morgan fingerprint density at radius 2 is 1.72 bits per heavy atom. The van der Waals surface area contributed by atoms with Gasteiger partial charge < -0.3 is 4.98 Å². The summed E-state index contributed by atoms with van der Waals surface area (Å²) in [6, 6.07) is 3.18. The lowest BCUT2D eigenvalue weighted by Gasteiger charge is -2.24. The van der Waals surface area contributed by atoms with Gasteiger partial charge in [-0.2, -0.15) is 0 Å². The number of halogens is 1. The molecule has 25 heavy (non-hydrogen) atoms. The van der Waals surface area contributed by atoms with Crippen LogP contribution in [0.2, 0.25) is 0 Å². The fourth-order valence-electron chi connectivity index (χ4n) is 3.28. The van der Waals surface area contributed by atoms with Crippen molar-refractivity contribution in [3.05, 3.63) is 50.6 Å². The van der Waals surface area contributed by atoms with E-state index in [-0.39, 0.29) is 16.1 Å². The van der Waals surface area contributed by atoms with Crippen molar-refractivity contribution >= 4 is 9.73 Å². The monoisotopic (exact) mass is 364 g/mol. The zero-order chi connectivity index (χ0) is 19.3. The van der Waals surface area contributed by atoms with Crippen LogP contribution in [0.5, 0.6) is 0 Å². The summed E-state index contributed by atoms with van der Waals surface area (Å²) in [5, 5.41) is 0. The van der Waals surface area contributed by atoms with Crippen LogP contribution in [0.4, 0.5) is 4.39 Å². The van der Waals surface area contributed by atoms with Crippen LogP contribution in [0.15, 0.2) is 21.8 Å². The molecule has 2 aromatic rings. The van der Waals surface area contributed by atoms with Gasteiger partial charge in [-0.1, -0.05) is 26.8 Å². The number of rotatable bonds is 2. The van der Waals surface area contributed by atoms with Gasteiger partial charge >= 0.3 is 0 Å². The number of hydrogen-bond acceptors (Lipinski definition) is 3. The lowest BCUT2D eigenvalue weighted by atomic mass is 9.81. The maximum absolute atomic E-state index is 15.1. The summed E-state index contributed by atoms with van der Waals surface area (Å²) in [6.07, 6.45) is 1.21. The molecule has 0 amide bonds. The SMILES string of the molecule is Cc1cc(C(C)(C)C)c(C)c(F)c1-c1cc(=O)c(S(C)(=N)=O)c(C)[nH]1. The fraction of sp³-hybridized carbons (Fsp3) is 0.421. The topological polar surface area (TPSA) is 73.8 Å². The molecule has 1 heterocycles. The molecule has 2 rings (SSSR count). The molecule has 0 aliphatic rings. The highest BCUT2D eigenvalue weighted by molar-refractivity contribution is 7.91. The molecule has 0 bridgehead atoms. The minimum absolute atomic E-state index is 0.0580. The molecule has 0 radical (unpaired) electrons. The second kappa shape index (κ2) is 6.09. The van der Waals surface area contributed by atoms with Crippen molar-refractivity contribution < 1.29 is 8.60 Å². The van der Waals surface area contributed by atoms with Crippen LogP contribution in [0.1, 0.15) is 43.2 Å². The number of aryl methyl sites for hydroxylation is 2. The Kier molecular flexibility index (Phi) is 4.72. The molecule has 0 aliphatic heterocycles. The summed E-state index contributed by atoms with van der Waals surface area (Å²) in [6.45, 7) is 11.2. The summed E-state index contributed by atoms with van der Waals surface area (Å²) in [5.74, 6) is -0.365. The van der Waals surface area contributed by atoms with E-state index in [2.05, 4.69) is 4.98 Å². The number of nitrogens with one attached hydrogen (secondary N) is 2. The van der Waals surface area contributed by atoms with Crippen molar-refractivity contribution in [3.8, 4) is 11.3 Å². The van der Waals surface area contributed by atoms with Gasteiger partial charge in [-0.05, 0) is 42.9 Å². The normalized spacial score (nSPS) is 14.4. The van der Waals surface area contributed by atoms with Crippen LogP contribution in [-0.4, -0.2) is 15.4 Å². The number of H-pyrrole nitrogens is 1. The molecular weight excluding hydrogens is 339 g/mol. The van der Waals surface area contributed by atoms with Gasteiger partial charge in [0.25, 0.3) is 0 Å². The molecule has 0 aliphatic carbocycles. The second-order valence-electron chi connectivity index (χ2n) is 7.65. The molecule has 1 unspecified atom stereocenters. The van der Waals surface area contributed by atoms with Crippen molar-refractivity contribution in [2.24, 2.45) is 0 Å². The molecule has 6 heteroatoms. The summed E-state index contributed by atoms with van der Waals surface area (Å²) in [5.41, 5.74) is 2.50. The summed E-state index contributed by atoms with van der Waals surface area (Å²) in [7, 11) is -3.16. The van der Waals surface area contributed by atoms with Gasteiger partial charge in [-0.15, -0.1) is 0 Å². The Hall–Kier alpha value is -1.95. The maximum Gasteiger partial charge on any atom is 0.199 e. The average molecular weight is 364 g/mol. The molecule has 4 nitrogen and oxygen atoms in total. The van der Waals surface area contributed by atoms with Gasteiger partial charge in [0.1, 0.15) is 10.7 Å². The largest absolute Gasteiger partial charge is 0.357 e. The van der Waals surface area contributed by atoms with E-state index in [1.807, 2.05) is 33.8 Å². The van der Waals surface area contributed by atoms with Crippen LogP contribution in [0, 0.1) is 31.4 Å². The van der Waals surface area contributed by atoms with Crippen molar-refractivity contribution in [2.45, 2.75) is 51.9 Å². The van der Waals surface area contributed by atoms with Crippen molar-refractivity contribution in [2.75, 3.05) is 6.26 Å². The Labute approximate surface area is 148 Å². The number of aromatic nitrogens is 1. The third-order valence-electron chi connectivity index (χ3n) is 4.34. The van der Waals surface area contributed by atoms with Gasteiger partial charge in [0.05, 0.1) is 15.4 Å². The van der Waals surface area contributed by atoms with Crippen LogP contribution < -0.4 is 5.43 Å². The number of aromatic amines is 1. The second-order valence-corrected chi connectivity index (χ2v) is 9.75. The first-order valence-electron chi connectivity index (χ1n) is 8.03. The predicted octanol–water partition coefficient (Wildman–Crippen LogP) is 4.44. The number of pyridine rings is 1. The van der Waals surface area contributed by atoms with E-state index in [0.29, 0.717) is 22.5 Å². The molecule has 0 fully saturated rings. The fourth-order valence-corrected chi connectivity index (χ4v) is 4.36. The van der Waals surface area contributed by atoms with Gasteiger partial charge in [-0.3, -0.25) is 4.79 Å². The zero-order valence-corrected chi connectivity index (χ0v) is 16.6. The Balaban J connectivity index is 2.81. The number of benzene rings is 1. The molecule has 136 valence electrons. The first-order valence-corrected chi connectivity index (χ1v) is 10.00. The van der Waals surface area contributed by atoms with Gasteiger partial charge in [0.15, 0.2) is 5.43 Å². The highest BCUT2D eigenvalue weighted by Gasteiger charge is 2.24. The first-order chi connectivity index (χ1) is 11.2. The van der Waals surface area contributed by atoms with E-state index in [1.54, 1.807) is 13.8 Å². The van der Waals surface area contributed by atoms with Crippen LogP contribution in [-0.2, 0) is 15.1 Å². The van der Waals surface area contributed by atoms with E-state index < -0.39 is 15.2 Å². The van der Waals surface area contributed by atoms with E-state index in [0.717, 1.165) is 11.1 Å². The summed E-state index contributed by atoms with van der Waals surface area (Å²) in [4.78, 5) is 15.3. The Morgan fingerprint density at radius 3 is 2.16 bits per heavy atom. The molecule has 0 saturated heterocycles. The summed E-state index contributed by atoms with van der Waals surface area (Å²) < 4.78 is 34.8. The van der Waals surface area contributed by atoms with E-state index in [9.17, 15) is 9.00 Å². The lowest BCUT2D eigenvalue weighted by Crippen LogP contribution is -2.18. The molecule has 1 aromatic heterocycles. The smallest absolute Gasteiger partial charge is 0.199 e. The van der Waals surface area contributed by atoms with Crippen molar-refractivity contribution in [1.82, 2.24) is 4.98 Å². The lowest BCUT2D eigenvalue weighted by molar-refractivity contribution is 0.563. The third-order valence-corrected chi connectivity index (χ3v) is 5.62. The predicted molar refractivity (Wildman–Crippen MR) is 100 cm³/mol. The van der Waals surface area contributed by atoms with Crippen LogP contribution >= 0.6 is 0 Å². The standard InChI is InChI=1S/C19H25FN2O2S/c1-10-8-13(19(4,5)6)11(2)17(20)16(10)14-9-15(23)18(12(3)22-14)25(7,21)24/h8-9,21H,1-7H3,(H,22,23). The van der Waals surface area contributed by atoms with Crippen LogP contribution in [0.3, 0.4) is 0 Å². The van der Waals surface area contributed by atoms with Crippen LogP contribution in [0.25, 0.3) is 11.3 Å². The van der Waals surface area contributed by atoms with E-state index >= 15 is 4.39 Å². The highest BCUT2D eigenvalue weighted by atomic mass is 32.2. The zero-order valence-electron chi connectivity index (χ0n) is 15.8. The quantitative estimate of drug-likeness (QED) is 0.827. The number of hydrogen-bond donors (Lipinski definition) is 2. The van der Waals surface area contributed by atoms with E-state index in [4.69, 9.17) is 4.78 Å². The molecular formula is C19H25FN2O2S. The van der Waals surface area contributed by atoms with Gasteiger partial charge in [0, 0.05) is 23.6 Å². The third kappa shape index (κ3) is 3.54. The molecule has 2 N–H and O–H groups in total. The van der Waals surface area contributed by atoms with Crippen molar-refractivity contribution in [3.63, 3.8) is 0 Å². The molecule has 1 atom stereocenters.